The van der Waals surface area contributed by atoms with Gasteiger partial charge in [-0.1, -0.05) is 12.1 Å². The number of para-hydroxylation sites is 2. The van der Waals surface area contributed by atoms with Crippen molar-refractivity contribution in [1.29, 1.82) is 0 Å². The number of rotatable bonds is 5. The van der Waals surface area contributed by atoms with Crippen LogP contribution >= 0.6 is 12.2 Å². The fourth-order valence-corrected chi connectivity index (χ4v) is 3.79. The number of phenols is 1. The van der Waals surface area contributed by atoms with Crippen LogP contribution in [0.4, 0.5) is 5.69 Å². The number of anilines is 1. The first-order chi connectivity index (χ1) is 14.6. The van der Waals surface area contributed by atoms with Crippen molar-refractivity contribution < 1.29 is 14.6 Å². The molecule has 2 aromatic carbocycles. The molecule has 1 aliphatic rings. The number of amides is 1. The number of nitrogens with zero attached hydrogens (tertiary/aromatic N) is 4. The summed E-state index contributed by atoms with van der Waals surface area (Å²) in [6, 6.07) is 14.7. The van der Waals surface area contributed by atoms with Gasteiger partial charge in [0.05, 0.1) is 12.8 Å². The summed E-state index contributed by atoms with van der Waals surface area (Å²) in [6.45, 7) is 2.59. The molecule has 8 nitrogen and oxygen atoms in total. The van der Waals surface area contributed by atoms with Crippen LogP contribution in [0.5, 0.6) is 11.5 Å². The summed E-state index contributed by atoms with van der Waals surface area (Å²) in [6.07, 6.45) is 0. The Morgan fingerprint density at radius 1 is 1.13 bits per heavy atom. The van der Waals surface area contributed by atoms with Crippen molar-refractivity contribution in [2.45, 2.75) is 6.54 Å². The minimum atomic E-state index is -0.0146. The van der Waals surface area contributed by atoms with Gasteiger partial charge in [0.1, 0.15) is 18.0 Å². The number of methoxy groups -OCH3 is 1. The lowest BCUT2D eigenvalue weighted by atomic mass is 10.2. The van der Waals surface area contributed by atoms with Crippen molar-refractivity contribution >= 4 is 23.8 Å². The maximum atomic E-state index is 12.9. The number of phenolic OH excluding ortho intramolecular Hbond substituents is 1. The molecule has 1 aliphatic heterocycles. The van der Waals surface area contributed by atoms with Crippen LogP contribution in [0.25, 0.3) is 11.4 Å². The van der Waals surface area contributed by atoms with E-state index in [-0.39, 0.29) is 18.2 Å². The van der Waals surface area contributed by atoms with Crippen LogP contribution < -0.4 is 9.64 Å². The largest absolute Gasteiger partial charge is 0.506 e. The fourth-order valence-electron chi connectivity index (χ4n) is 3.59. The van der Waals surface area contributed by atoms with Crippen LogP contribution in [-0.2, 0) is 11.3 Å². The minimum absolute atomic E-state index is 0.0146. The molecular formula is C21H23N5O3S. The molecule has 4 rings (SSSR count). The molecule has 1 fully saturated rings. The molecule has 0 saturated carbocycles. The molecule has 30 heavy (non-hydrogen) atoms. The zero-order chi connectivity index (χ0) is 21.1. The number of H-pyrrole nitrogens is 1. The lowest BCUT2D eigenvalue weighted by Crippen LogP contribution is -2.49. The third-order valence-electron chi connectivity index (χ3n) is 5.25. The molecule has 3 aromatic rings. The van der Waals surface area contributed by atoms with Crippen LogP contribution in [0, 0.1) is 4.77 Å². The molecule has 2 N–H and O–H groups in total. The van der Waals surface area contributed by atoms with Gasteiger partial charge in [0, 0.05) is 31.7 Å². The Kier molecular flexibility index (Phi) is 5.71. The molecule has 0 radical (unpaired) electrons. The Bertz CT molecular complexity index is 1080. The van der Waals surface area contributed by atoms with Gasteiger partial charge in [0.2, 0.25) is 5.91 Å². The molecule has 0 atom stereocenters. The topological polar surface area (TPSA) is 86.6 Å². The van der Waals surface area contributed by atoms with Crippen molar-refractivity contribution in [3.63, 3.8) is 0 Å². The van der Waals surface area contributed by atoms with E-state index in [4.69, 9.17) is 17.0 Å². The molecule has 156 valence electrons. The predicted octanol–water partition coefficient (Wildman–Crippen LogP) is 2.67. The van der Waals surface area contributed by atoms with Crippen molar-refractivity contribution in [1.82, 2.24) is 19.7 Å². The number of nitrogens with one attached hydrogen (secondary N) is 1. The van der Waals surface area contributed by atoms with Crippen molar-refractivity contribution in [2.24, 2.45) is 0 Å². The average Bonchev–Trinajstić information content (AvgIpc) is 3.14. The van der Waals surface area contributed by atoms with E-state index in [1.807, 2.05) is 41.3 Å². The van der Waals surface area contributed by atoms with Gasteiger partial charge in [0.15, 0.2) is 10.6 Å². The van der Waals surface area contributed by atoms with Gasteiger partial charge in [-0.3, -0.25) is 14.5 Å². The van der Waals surface area contributed by atoms with Gasteiger partial charge in [-0.2, -0.15) is 5.10 Å². The zero-order valence-electron chi connectivity index (χ0n) is 16.6. The van der Waals surface area contributed by atoms with E-state index in [1.54, 1.807) is 23.8 Å². The normalized spacial score (nSPS) is 14.0. The molecule has 0 aliphatic carbocycles. The highest BCUT2D eigenvalue weighted by Gasteiger charge is 2.24. The molecule has 0 spiro atoms. The number of ether oxygens (including phenoxy) is 1. The average molecular weight is 426 g/mol. The Hall–Kier alpha value is -3.33. The smallest absolute Gasteiger partial charge is 0.242 e. The summed E-state index contributed by atoms with van der Waals surface area (Å²) in [7, 11) is 1.61. The maximum Gasteiger partial charge on any atom is 0.242 e. The quantitative estimate of drug-likeness (QED) is 0.612. The van der Waals surface area contributed by atoms with E-state index in [1.165, 1.54) is 0 Å². The zero-order valence-corrected chi connectivity index (χ0v) is 17.4. The van der Waals surface area contributed by atoms with Crippen LogP contribution in [0.1, 0.15) is 0 Å². The molecule has 1 amide bonds. The number of aromatic hydroxyl groups is 1. The van der Waals surface area contributed by atoms with Gasteiger partial charge >= 0.3 is 0 Å². The second-order valence-electron chi connectivity index (χ2n) is 7.02. The number of aromatic nitrogens is 3. The van der Waals surface area contributed by atoms with Crippen LogP contribution in [-0.4, -0.2) is 64.0 Å². The Morgan fingerprint density at radius 2 is 1.83 bits per heavy atom. The number of carbonyl (C=O) groups is 1. The highest BCUT2D eigenvalue weighted by Crippen LogP contribution is 2.27. The summed E-state index contributed by atoms with van der Waals surface area (Å²) < 4.78 is 7.32. The number of piperazine rings is 1. The van der Waals surface area contributed by atoms with Crippen molar-refractivity contribution in [3.05, 3.63) is 53.3 Å². The first kappa shape index (κ1) is 20.0. The van der Waals surface area contributed by atoms with Gasteiger partial charge in [-0.05, 0) is 48.6 Å². The number of carbonyl (C=O) groups excluding carboxylic acids is 1. The summed E-state index contributed by atoms with van der Waals surface area (Å²) in [4.78, 5) is 16.9. The van der Waals surface area contributed by atoms with E-state index in [9.17, 15) is 9.90 Å². The molecule has 2 heterocycles. The van der Waals surface area contributed by atoms with Gasteiger partial charge in [0.25, 0.3) is 0 Å². The van der Waals surface area contributed by atoms with E-state index in [2.05, 4.69) is 15.1 Å². The second-order valence-corrected chi connectivity index (χ2v) is 7.41. The van der Waals surface area contributed by atoms with Crippen LogP contribution in [0.15, 0.2) is 48.5 Å². The number of hydrogen-bond donors (Lipinski definition) is 2. The SMILES string of the molecule is COc1ccc(-c2n[nH]c(=S)n2CC(=O)N2CCN(c3ccccc3O)CC2)cc1. The van der Waals surface area contributed by atoms with E-state index in [0.29, 0.717) is 36.8 Å². The summed E-state index contributed by atoms with van der Waals surface area (Å²) in [5.74, 6) is 1.60. The third kappa shape index (κ3) is 4.02. The van der Waals surface area contributed by atoms with Gasteiger partial charge < -0.3 is 19.6 Å². The van der Waals surface area contributed by atoms with E-state index >= 15 is 0 Å². The van der Waals surface area contributed by atoms with Crippen molar-refractivity contribution in [3.8, 4) is 22.9 Å². The Morgan fingerprint density at radius 3 is 2.50 bits per heavy atom. The van der Waals surface area contributed by atoms with E-state index < -0.39 is 0 Å². The number of benzene rings is 2. The lowest BCUT2D eigenvalue weighted by Gasteiger charge is -2.36. The monoisotopic (exact) mass is 425 g/mol. The maximum absolute atomic E-state index is 12.9. The summed E-state index contributed by atoms with van der Waals surface area (Å²) >= 11 is 5.35. The molecule has 1 saturated heterocycles. The van der Waals surface area contributed by atoms with Crippen LogP contribution in [0.3, 0.4) is 0 Å². The van der Waals surface area contributed by atoms with Crippen molar-refractivity contribution in [2.75, 3.05) is 38.2 Å². The third-order valence-corrected chi connectivity index (χ3v) is 5.57. The Labute approximate surface area is 179 Å². The van der Waals surface area contributed by atoms with Gasteiger partial charge in [-0.15, -0.1) is 0 Å². The molecule has 1 aromatic heterocycles. The number of aromatic amines is 1. The first-order valence-corrected chi connectivity index (χ1v) is 10.1. The van der Waals surface area contributed by atoms with E-state index in [0.717, 1.165) is 17.0 Å². The summed E-state index contributed by atoms with van der Waals surface area (Å²) in [5.41, 5.74) is 1.64. The first-order valence-electron chi connectivity index (χ1n) is 9.67. The highest BCUT2D eigenvalue weighted by atomic mass is 32.1. The molecular weight excluding hydrogens is 402 g/mol. The predicted molar refractivity (Wildman–Crippen MR) is 116 cm³/mol. The van der Waals surface area contributed by atoms with Gasteiger partial charge in [-0.25, -0.2) is 0 Å². The fraction of sp³-hybridized carbons (Fsp3) is 0.286. The summed E-state index contributed by atoms with van der Waals surface area (Å²) in [5, 5.41) is 17.1. The standard InChI is InChI=1S/C21H23N5O3S/c1-29-16-8-6-15(7-9-16)20-22-23-21(30)26(20)14-19(28)25-12-10-24(11-13-25)17-4-2-3-5-18(17)27/h2-9,27H,10-14H2,1H3,(H,23,30). The molecule has 9 heteroatoms. The lowest BCUT2D eigenvalue weighted by molar-refractivity contribution is -0.132. The second kappa shape index (κ2) is 8.58. The highest BCUT2D eigenvalue weighted by molar-refractivity contribution is 7.71. The van der Waals surface area contributed by atoms with Crippen LogP contribution in [0.2, 0.25) is 0 Å². The minimum Gasteiger partial charge on any atom is -0.506 e. The molecule has 0 bridgehead atoms. The number of hydrogen-bond acceptors (Lipinski definition) is 6. The molecule has 0 unspecified atom stereocenters. The Balaban J connectivity index is 1.44.